The second kappa shape index (κ2) is 3.82. The van der Waals surface area contributed by atoms with Crippen molar-refractivity contribution in [2.45, 2.75) is 25.9 Å². The highest BCUT2D eigenvalue weighted by molar-refractivity contribution is 5.59. The van der Waals surface area contributed by atoms with Crippen LogP contribution < -0.4 is 0 Å². The van der Waals surface area contributed by atoms with Gasteiger partial charge in [-0.05, 0) is 19.4 Å². The fourth-order valence-corrected chi connectivity index (χ4v) is 1.67. The van der Waals surface area contributed by atoms with Crippen LogP contribution >= 0.6 is 0 Å². The lowest BCUT2D eigenvalue weighted by atomic mass is 10.1. The SMILES string of the molecule is CC(C)N1C=NC(c2ccccc2)C1. The van der Waals surface area contributed by atoms with E-state index in [0.717, 1.165) is 6.54 Å². The summed E-state index contributed by atoms with van der Waals surface area (Å²) in [6.45, 7) is 5.40. The van der Waals surface area contributed by atoms with Crippen LogP contribution in [0.15, 0.2) is 35.3 Å². The lowest BCUT2D eigenvalue weighted by Crippen LogP contribution is -2.28. The van der Waals surface area contributed by atoms with Crippen LogP contribution in [0.5, 0.6) is 0 Å². The number of aliphatic imine (C=N–C) groups is 1. The second-order valence-corrected chi connectivity index (χ2v) is 3.98. The highest BCUT2D eigenvalue weighted by Crippen LogP contribution is 2.22. The molecule has 0 aliphatic carbocycles. The number of rotatable bonds is 2. The van der Waals surface area contributed by atoms with Crippen molar-refractivity contribution >= 4 is 6.34 Å². The van der Waals surface area contributed by atoms with Crippen molar-refractivity contribution in [2.24, 2.45) is 4.99 Å². The molecule has 1 aliphatic heterocycles. The maximum absolute atomic E-state index is 4.51. The average molecular weight is 188 g/mol. The topological polar surface area (TPSA) is 15.6 Å². The van der Waals surface area contributed by atoms with Gasteiger partial charge in [0, 0.05) is 12.6 Å². The van der Waals surface area contributed by atoms with Crippen LogP contribution in [0.25, 0.3) is 0 Å². The molecule has 0 saturated carbocycles. The Balaban J connectivity index is 2.08. The molecule has 0 spiro atoms. The summed E-state index contributed by atoms with van der Waals surface area (Å²) in [5, 5.41) is 0. The predicted octanol–water partition coefficient (Wildman–Crippen LogP) is 2.48. The Kier molecular flexibility index (Phi) is 2.53. The van der Waals surface area contributed by atoms with E-state index in [2.05, 4.69) is 48.0 Å². The van der Waals surface area contributed by atoms with Gasteiger partial charge in [-0.15, -0.1) is 0 Å². The minimum Gasteiger partial charge on any atom is -0.358 e. The summed E-state index contributed by atoms with van der Waals surface area (Å²) < 4.78 is 0. The Morgan fingerprint density at radius 3 is 2.57 bits per heavy atom. The lowest BCUT2D eigenvalue weighted by molar-refractivity contribution is 0.367. The molecular weight excluding hydrogens is 172 g/mol. The first-order valence-electron chi connectivity index (χ1n) is 5.11. The van der Waals surface area contributed by atoms with E-state index < -0.39 is 0 Å². The van der Waals surface area contributed by atoms with Crippen LogP contribution in [0, 0.1) is 0 Å². The van der Waals surface area contributed by atoms with Crippen molar-refractivity contribution in [1.29, 1.82) is 0 Å². The Bertz CT molecular complexity index is 316. The van der Waals surface area contributed by atoms with Crippen molar-refractivity contribution in [3.8, 4) is 0 Å². The molecule has 1 atom stereocenters. The van der Waals surface area contributed by atoms with Crippen LogP contribution in [-0.2, 0) is 0 Å². The van der Waals surface area contributed by atoms with E-state index >= 15 is 0 Å². The molecule has 0 saturated heterocycles. The first-order valence-corrected chi connectivity index (χ1v) is 5.11. The van der Waals surface area contributed by atoms with Crippen LogP contribution in [0.2, 0.25) is 0 Å². The van der Waals surface area contributed by atoms with E-state index in [1.165, 1.54) is 5.56 Å². The highest BCUT2D eigenvalue weighted by Gasteiger charge is 2.19. The van der Waals surface area contributed by atoms with Gasteiger partial charge in [-0.1, -0.05) is 30.3 Å². The molecule has 0 amide bonds. The normalized spacial score (nSPS) is 20.8. The minimum atomic E-state index is 0.332. The minimum absolute atomic E-state index is 0.332. The zero-order chi connectivity index (χ0) is 9.97. The Labute approximate surface area is 85.3 Å². The van der Waals surface area contributed by atoms with Crippen LogP contribution in [-0.4, -0.2) is 23.8 Å². The molecule has 0 N–H and O–H groups in total. The van der Waals surface area contributed by atoms with Gasteiger partial charge in [-0.3, -0.25) is 4.99 Å². The summed E-state index contributed by atoms with van der Waals surface area (Å²) in [6, 6.07) is 11.4. The lowest BCUT2D eigenvalue weighted by Gasteiger charge is -2.20. The number of hydrogen-bond acceptors (Lipinski definition) is 2. The smallest absolute Gasteiger partial charge is 0.0941 e. The van der Waals surface area contributed by atoms with Gasteiger partial charge in [0.05, 0.1) is 12.4 Å². The molecule has 1 aliphatic rings. The summed E-state index contributed by atoms with van der Waals surface area (Å²) >= 11 is 0. The van der Waals surface area contributed by atoms with Crippen molar-refractivity contribution in [3.63, 3.8) is 0 Å². The third kappa shape index (κ3) is 1.79. The van der Waals surface area contributed by atoms with Gasteiger partial charge >= 0.3 is 0 Å². The van der Waals surface area contributed by atoms with E-state index in [1.807, 2.05) is 12.4 Å². The van der Waals surface area contributed by atoms with Crippen molar-refractivity contribution < 1.29 is 0 Å². The number of benzene rings is 1. The van der Waals surface area contributed by atoms with Crippen LogP contribution in [0.1, 0.15) is 25.5 Å². The first kappa shape index (κ1) is 9.25. The van der Waals surface area contributed by atoms with Crippen LogP contribution in [0.4, 0.5) is 0 Å². The van der Waals surface area contributed by atoms with E-state index in [1.54, 1.807) is 0 Å². The van der Waals surface area contributed by atoms with E-state index in [0.29, 0.717) is 12.1 Å². The van der Waals surface area contributed by atoms with E-state index in [-0.39, 0.29) is 0 Å². The number of nitrogens with zero attached hydrogens (tertiary/aromatic N) is 2. The molecule has 2 rings (SSSR count). The van der Waals surface area contributed by atoms with Gasteiger partial charge in [0.15, 0.2) is 0 Å². The van der Waals surface area contributed by atoms with Gasteiger partial charge in [-0.25, -0.2) is 0 Å². The number of hydrogen-bond donors (Lipinski definition) is 0. The molecule has 1 aromatic rings. The Morgan fingerprint density at radius 2 is 2.00 bits per heavy atom. The summed E-state index contributed by atoms with van der Waals surface area (Å²) in [7, 11) is 0. The molecule has 1 aromatic carbocycles. The molecule has 14 heavy (non-hydrogen) atoms. The van der Waals surface area contributed by atoms with E-state index in [4.69, 9.17) is 0 Å². The Hall–Kier alpha value is -1.31. The van der Waals surface area contributed by atoms with Gasteiger partial charge in [0.1, 0.15) is 0 Å². The molecule has 74 valence electrons. The van der Waals surface area contributed by atoms with Crippen molar-refractivity contribution in [1.82, 2.24) is 4.90 Å². The zero-order valence-corrected chi connectivity index (χ0v) is 8.72. The third-order valence-corrected chi connectivity index (χ3v) is 2.63. The summed E-state index contributed by atoms with van der Waals surface area (Å²) in [5.74, 6) is 0. The maximum atomic E-state index is 4.51. The molecule has 0 radical (unpaired) electrons. The van der Waals surface area contributed by atoms with Crippen molar-refractivity contribution in [2.75, 3.05) is 6.54 Å². The predicted molar refractivity (Wildman–Crippen MR) is 59.5 cm³/mol. The van der Waals surface area contributed by atoms with Gasteiger partial charge in [0.2, 0.25) is 0 Å². The van der Waals surface area contributed by atoms with Crippen molar-refractivity contribution in [3.05, 3.63) is 35.9 Å². The molecule has 1 unspecified atom stereocenters. The van der Waals surface area contributed by atoms with Gasteiger partial charge in [0.25, 0.3) is 0 Å². The summed E-state index contributed by atoms with van der Waals surface area (Å²) in [5.41, 5.74) is 1.31. The first-order chi connectivity index (χ1) is 6.77. The zero-order valence-electron chi connectivity index (χ0n) is 8.72. The standard InChI is InChI=1S/C12H16N2/c1-10(2)14-8-12(13-9-14)11-6-4-3-5-7-11/h3-7,9-10,12H,8H2,1-2H3. The molecule has 0 aromatic heterocycles. The molecule has 2 heteroatoms. The van der Waals surface area contributed by atoms with Gasteiger partial charge < -0.3 is 4.90 Å². The second-order valence-electron chi connectivity index (χ2n) is 3.98. The molecule has 2 nitrogen and oxygen atoms in total. The molecule has 0 bridgehead atoms. The largest absolute Gasteiger partial charge is 0.358 e. The average Bonchev–Trinajstić information content (AvgIpc) is 2.68. The summed E-state index contributed by atoms with van der Waals surface area (Å²) in [4.78, 5) is 6.78. The van der Waals surface area contributed by atoms with Crippen LogP contribution in [0.3, 0.4) is 0 Å². The Morgan fingerprint density at radius 1 is 1.29 bits per heavy atom. The fourth-order valence-electron chi connectivity index (χ4n) is 1.67. The fraction of sp³-hybridized carbons (Fsp3) is 0.417. The molecular formula is C12H16N2. The maximum Gasteiger partial charge on any atom is 0.0941 e. The molecule has 1 heterocycles. The quantitative estimate of drug-likeness (QED) is 0.696. The summed E-state index contributed by atoms with van der Waals surface area (Å²) in [6.07, 6.45) is 1.97. The van der Waals surface area contributed by atoms with E-state index in [9.17, 15) is 0 Å². The third-order valence-electron chi connectivity index (χ3n) is 2.63. The monoisotopic (exact) mass is 188 g/mol. The van der Waals surface area contributed by atoms with Gasteiger partial charge in [-0.2, -0.15) is 0 Å². The molecule has 0 fully saturated rings. The highest BCUT2D eigenvalue weighted by atomic mass is 15.2.